The van der Waals surface area contributed by atoms with Crippen LogP contribution >= 0.6 is 23.4 Å². The summed E-state index contributed by atoms with van der Waals surface area (Å²) in [6.07, 6.45) is 3.05. The van der Waals surface area contributed by atoms with Crippen LogP contribution < -0.4 is 5.32 Å². The standard InChI is InChI=1S/C20H20ClNO3S/c1-3-25-19(23)13-6-15-4-9-17(10-5-15)22-20(24)14(2)26-18-11-7-16(21)8-12-18/h4-14H,3H2,1-2H3,(H,22,24)/b13-6+. The lowest BCUT2D eigenvalue weighted by atomic mass is 10.2. The molecular formula is C20H20ClNO3S. The van der Waals surface area contributed by atoms with Crippen molar-refractivity contribution in [3.8, 4) is 0 Å². The quantitative estimate of drug-likeness (QED) is 0.409. The molecule has 1 amide bonds. The van der Waals surface area contributed by atoms with E-state index in [0.717, 1.165) is 10.5 Å². The number of ether oxygens (including phenoxy) is 1. The van der Waals surface area contributed by atoms with Gasteiger partial charge in [-0.15, -0.1) is 11.8 Å². The fourth-order valence-corrected chi connectivity index (χ4v) is 3.04. The van der Waals surface area contributed by atoms with E-state index in [-0.39, 0.29) is 17.1 Å². The number of halogens is 1. The molecule has 0 spiro atoms. The number of nitrogens with one attached hydrogen (secondary N) is 1. The number of anilines is 1. The molecular weight excluding hydrogens is 370 g/mol. The number of thioether (sulfide) groups is 1. The third-order valence-electron chi connectivity index (χ3n) is 3.37. The van der Waals surface area contributed by atoms with Gasteiger partial charge in [0.2, 0.25) is 5.91 Å². The Kier molecular flexibility index (Phi) is 7.75. The lowest BCUT2D eigenvalue weighted by Crippen LogP contribution is -2.22. The van der Waals surface area contributed by atoms with E-state index in [2.05, 4.69) is 5.32 Å². The van der Waals surface area contributed by atoms with E-state index < -0.39 is 0 Å². The zero-order chi connectivity index (χ0) is 18.9. The third kappa shape index (κ3) is 6.58. The number of benzene rings is 2. The van der Waals surface area contributed by atoms with Crippen molar-refractivity contribution in [2.45, 2.75) is 24.0 Å². The Bertz CT molecular complexity index is 773. The van der Waals surface area contributed by atoms with Crippen molar-refractivity contribution >= 4 is 47.0 Å². The first-order chi connectivity index (χ1) is 12.5. The van der Waals surface area contributed by atoms with Crippen LogP contribution in [-0.4, -0.2) is 23.7 Å². The Morgan fingerprint density at radius 3 is 2.42 bits per heavy atom. The van der Waals surface area contributed by atoms with Crippen LogP contribution in [0.15, 0.2) is 59.5 Å². The molecule has 2 aromatic carbocycles. The summed E-state index contributed by atoms with van der Waals surface area (Å²) in [6.45, 7) is 3.96. The number of esters is 1. The fraction of sp³-hybridized carbons (Fsp3) is 0.200. The molecule has 0 heterocycles. The fourth-order valence-electron chi connectivity index (χ4n) is 2.05. The van der Waals surface area contributed by atoms with Gasteiger partial charge in [0.05, 0.1) is 11.9 Å². The van der Waals surface area contributed by atoms with Crippen molar-refractivity contribution in [1.82, 2.24) is 0 Å². The van der Waals surface area contributed by atoms with Gasteiger partial charge in [0.25, 0.3) is 0 Å². The highest BCUT2D eigenvalue weighted by atomic mass is 35.5. The molecule has 1 atom stereocenters. The molecule has 0 bridgehead atoms. The molecule has 0 saturated heterocycles. The number of carbonyl (C=O) groups excluding carboxylic acids is 2. The highest BCUT2D eigenvalue weighted by molar-refractivity contribution is 8.00. The predicted molar refractivity (Wildman–Crippen MR) is 108 cm³/mol. The molecule has 0 fully saturated rings. The van der Waals surface area contributed by atoms with Gasteiger partial charge in [-0.2, -0.15) is 0 Å². The molecule has 0 aliphatic rings. The monoisotopic (exact) mass is 389 g/mol. The van der Waals surface area contributed by atoms with Crippen molar-refractivity contribution in [1.29, 1.82) is 0 Å². The number of amides is 1. The average molecular weight is 390 g/mol. The maximum absolute atomic E-state index is 12.3. The van der Waals surface area contributed by atoms with Gasteiger partial charge in [-0.3, -0.25) is 4.79 Å². The maximum atomic E-state index is 12.3. The van der Waals surface area contributed by atoms with Crippen LogP contribution in [0.1, 0.15) is 19.4 Å². The van der Waals surface area contributed by atoms with Gasteiger partial charge in [0.15, 0.2) is 0 Å². The van der Waals surface area contributed by atoms with Gasteiger partial charge in [-0.25, -0.2) is 4.79 Å². The highest BCUT2D eigenvalue weighted by Gasteiger charge is 2.14. The van der Waals surface area contributed by atoms with Crippen molar-refractivity contribution < 1.29 is 14.3 Å². The zero-order valence-corrected chi connectivity index (χ0v) is 16.1. The first kappa shape index (κ1) is 20.1. The van der Waals surface area contributed by atoms with Gasteiger partial charge < -0.3 is 10.1 Å². The summed E-state index contributed by atoms with van der Waals surface area (Å²) in [7, 11) is 0. The van der Waals surface area contributed by atoms with E-state index in [4.69, 9.17) is 16.3 Å². The minimum Gasteiger partial charge on any atom is -0.463 e. The SMILES string of the molecule is CCOC(=O)/C=C/c1ccc(NC(=O)C(C)Sc2ccc(Cl)cc2)cc1. The number of hydrogen-bond acceptors (Lipinski definition) is 4. The van der Waals surface area contributed by atoms with Gasteiger partial charge in [-0.05, 0) is 61.9 Å². The minimum atomic E-state index is -0.377. The van der Waals surface area contributed by atoms with Gasteiger partial charge in [0, 0.05) is 21.7 Å². The molecule has 0 aliphatic heterocycles. The van der Waals surface area contributed by atoms with Gasteiger partial charge >= 0.3 is 5.97 Å². The summed E-state index contributed by atoms with van der Waals surface area (Å²) in [5.41, 5.74) is 1.55. The van der Waals surface area contributed by atoms with E-state index in [9.17, 15) is 9.59 Å². The van der Waals surface area contributed by atoms with Crippen LogP contribution in [0.4, 0.5) is 5.69 Å². The van der Waals surface area contributed by atoms with E-state index in [0.29, 0.717) is 17.3 Å². The summed E-state index contributed by atoms with van der Waals surface area (Å²) in [4.78, 5) is 24.6. The molecule has 0 aromatic heterocycles. The summed E-state index contributed by atoms with van der Waals surface area (Å²) in [6, 6.07) is 14.6. The van der Waals surface area contributed by atoms with Gasteiger partial charge in [0.1, 0.15) is 0 Å². The lowest BCUT2D eigenvalue weighted by Gasteiger charge is -2.12. The molecule has 0 aliphatic carbocycles. The normalized spacial score (nSPS) is 12.0. The number of hydrogen-bond donors (Lipinski definition) is 1. The number of rotatable bonds is 7. The summed E-state index contributed by atoms with van der Waals surface area (Å²) in [5.74, 6) is -0.460. The van der Waals surface area contributed by atoms with Crippen molar-refractivity contribution in [3.05, 3.63) is 65.2 Å². The Balaban J connectivity index is 1.90. The second-order valence-electron chi connectivity index (χ2n) is 5.41. The molecule has 136 valence electrons. The Morgan fingerprint density at radius 2 is 1.81 bits per heavy atom. The molecule has 4 nitrogen and oxygen atoms in total. The minimum absolute atomic E-state index is 0.0836. The predicted octanol–water partition coefficient (Wildman–Crippen LogP) is 5.04. The smallest absolute Gasteiger partial charge is 0.330 e. The summed E-state index contributed by atoms with van der Waals surface area (Å²) < 4.78 is 4.83. The van der Waals surface area contributed by atoms with Crippen LogP contribution in [0, 0.1) is 0 Å². The molecule has 0 radical (unpaired) electrons. The molecule has 1 N–H and O–H groups in total. The molecule has 0 saturated carbocycles. The van der Waals surface area contributed by atoms with Crippen LogP contribution in [0.5, 0.6) is 0 Å². The highest BCUT2D eigenvalue weighted by Crippen LogP contribution is 2.25. The van der Waals surface area contributed by atoms with Crippen LogP contribution in [-0.2, 0) is 14.3 Å². The second-order valence-corrected chi connectivity index (χ2v) is 7.26. The summed E-state index contributed by atoms with van der Waals surface area (Å²) >= 11 is 7.33. The first-order valence-electron chi connectivity index (χ1n) is 8.16. The Labute approximate surface area is 162 Å². The second kappa shape index (κ2) is 10.0. The topological polar surface area (TPSA) is 55.4 Å². The summed E-state index contributed by atoms with van der Waals surface area (Å²) in [5, 5.41) is 3.30. The van der Waals surface area contributed by atoms with E-state index >= 15 is 0 Å². The molecule has 2 aromatic rings. The van der Waals surface area contributed by atoms with E-state index in [1.165, 1.54) is 17.8 Å². The van der Waals surface area contributed by atoms with Crippen molar-refractivity contribution in [3.63, 3.8) is 0 Å². The third-order valence-corrected chi connectivity index (χ3v) is 4.74. The number of carbonyl (C=O) groups is 2. The first-order valence-corrected chi connectivity index (χ1v) is 9.41. The van der Waals surface area contributed by atoms with Crippen LogP contribution in [0.25, 0.3) is 6.08 Å². The van der Waals surface area contributed by atoms with E-state index in [1.807, 2.05) is 31.2 Å². The average Bonchev–Trinajstić information content (AvgIpc) is 2.63. The largest absolute Gasteiger partial charge is 0.463 e. The Morgan fingerprint density at radius 1 is 1.15 bits per heavy atom. The van der Waals surface area contributed by atoms with Crippen molar-refractivity contribution in [2.24, 2.45) is 0 Å². The van der Waals surface area contributed by atoms with Crippen LogP contribution in [0.2, 0.25) is 5.02 Å². The Hall–Kier alpha value is -2.24. The van der Waals surface area contributed by atoms with Crippen LogP contribution in [0.3, 0.4) is 0 Å². The molecule has 2 rings (SSSR count). The van der Waals surface area contributed by atoms with E-state index in [1.54, 1.807) is 37.3 Å². The molecule has 6 heteroatoms. The molecule has 1 unspecified atom stereocenters. The van der Waals surface area contributed by atoms with Gasteiger partial charge in [-0.1, -0.05) is 23.7 Å². The molecule has 26 heavy (non-hydrogen) atoms. The zero-order valence-electron chi connectivity index (χ0n) is 14.6. The maximum Gasteiger partial charge on any atom is 0.330 e. The lowest BCUT2D eigenvalue weighted by molar-refractivity contribution is -0.137. The van der Waals surface area contributed by atoms with Crippen molar-refractivity contribution in [2.75, 3.05) is 11.9 Å².